The zero-order chi connectivity index (χ0) is 24.2. The lowest BCUT2D eigenvalue weighted by atomic mass is 10.1. The van der Waals surface area contributed by atoms with Crippen molar-refractivity contribution in [2.45, 2.75) is 26.2 Å². The summed E-state index contributed by atoms with van der Waals surface area (Å²) in [6.45, 7) is 2.49. The maximum Gasteiger partial charge on any atom is 0.305 e. The van der Waals surface area contributed by atoms with E-state index < -0.39 is 22.7 Å². The van der Waals surface area contributed by atoms with Gasteiger partial charge in [0.05, 0.1) is 18.0 Å². The van der Waals surface area contributed by atoms with Crippen LogP contribution in [0, 0.1) is 10.1 Å². The van der Waals surface area contributed by atoms with E-state index in [1.165, 1.54) is 30.3 Å². The SMILES string of the molecule is CCCCOc1ccc(C(=O)N/C(=C/c2ccc([N+](=O)[O-])cc2)C(=O)NCCC(=O)O)cc1. The summed E-state index contributed by atoms with van der Waals surface area (Å²) in [5.74, 6) is -1.71. The van der Waals surface area contributed by atoms with Crippen LogP contribution in [0.15, 0.2) is 54.2 Å². The number of hydrogen-bond donors (Lipinski definition) is 3. The summed E-state index contributed by atoms with van der Waals surface area (Å²) in [5.41, 5.74) is 0.460. The molecule has 0 spiro atoms. The van der Waals surface area contributed by atoms with Crippen molar-refractivity contribution in [2.24, 2.45) is 0 Å². The van der Waals surface area contributed by atoms with Crippen LogP contribution in [0.2, 0.25) is 0 Å². The summed E-state index contributed by atoms with van der Waals surface area (Å²) in [4.78, 5) is 46.2. The molecule has 0 aliphatic heterocycles. The smallest absolute Gasteiger partial charge is 0.305 e. The molecule has 174 valence electrons. The van der Waals surface area contributed by atoms with Gasteiger partial charge in [0.1, 0.15) is 11.4 Å². The zero-order valence-corrected chi connectivity index (χ0v) is 18.1. The van der Waals surface area contributed by atoms with Gasteiger partial charge in [-0.1, -0.05) is 13.3 Å². The Labute approximate surface area is 190 Å². The van der Waals surface area contributed by atoms with Crippen molar-refractivity contribution in [1.29, 1.82) is 0 Å². The molecular weight excluding hydrogens is 430 g/mol. The number of rotatable bonds is 12. The monoisotopic (exact) mass is 455 g/mol. The third-order valence-corrected chi connectivity index (χ3v) is 4.42. The molecule has 10 heteroatoms. The largest absolute Gasteiger partial charge is 0.494 e. The molecule has 0 unspecified atom stereocenters. The van der Waals surface area contributed by atoms with E-state index in [9.17, 15) is 24.5 Å². The molecule has 2 aromatic carbocycles. The Balaban J connectivity index is 2.18. The van der Waals surface area contributed by atoms with Gasteiger partial charge in [-0.15, -0.1) is 0 Å². The van der Waals surface area contributed by atoms with Gasteiger partial charge in [-0.3, -0.25) is 24.5 Å². The predicted octanol–water partition coefficient (Wildman–Crippen LogP) is 3.14. The number of carboxylic acids is 1. The second-order valence-electron chi connectivity index (χ2n) is 6.99. The normalized spacial score (nSPS) is 10.9. The third kappa shape index (κ3) is 8.44. The predicted molar refractivity (Wildman–Crippen MR) is 121 cm³/mol. The zero-order valence-electron chi connectivity index (χ0n) is 18.1. The van der Waals surface area contributed by atoms with Gasteiger partial charge < -0.3 is 20.5 Å². The minimum Gasteiger partial charge on any atom is -0.494 e. The van der Waals surface area contributed by atoms with E-state index >= 15 is 0 Å². The highest BCUT2D eigenvalue weighted by Crippen LogP contribution is 2.16. The molecule has 0 fully saturated rings. The van der Waals surface area contributed by atoms with Crippen LogP contribution in [0.1, 0.15) is 42.1 Å². The van der Waals surface area contributed by atoms with Gasteiger partial charge in [-0.2, -0.15) is 0 Å². The lowest BCUT2D eigenvalue weighted by Gasteiger charge is -2.11. The van der Waals surface area contributed by atoms with Gasteiger partial charge in [0.25, 0.3) is 17.5 Å². The highest BCUT2D eigenvalue weighted by molar-refractivity contribution is 6.05. The minimum atomic E-state index is -1.08. The van der Waals surface area contributed by atoms with Crippen molar-refractivity contribution in [1.82, 2.24) is 10.6 Å². The van der Waals surface area contributed by atoms with Crippen LogP contribution in [-0.2, 0) is 9.59 Å². The second-order valence-corrected chi connectivity index (χ2v) is 6.99. The number of amides is 2. The molecule has 0 aliphatic rings. The number of benzene rings is 2. The summed E-state index contributed by atoms with van der Waals surface area (Å²) in [7, 11) is 0. The van der Waals surface area contributed by atoms with Gasteiger partial charge in [0.2, 0.25) is 0 Å². The number of carbonyl (C=O) groups is 3. The van der Waals surface area contributed by atoms with Crippen molar-refractivity contribution < 1.29 is 29.2 Å². The van der Waals surface area contributed by atoms with Crippen LogP contribution in [-0.4, -0.2) is 41.0 Å². The van der Waals surface area contributed by atoms with Gasteiger partial charge in [-0.25, -0.2) is 0 Å². The number of non-ortho nitro benzene ring substituents is 1. The molecule has 0 aromatic heterocycles. The molecule has 0 aliphatic carbocycles. The fourth-order valence-electron chi connectivity index (χ4n) is 2.63. The van der Waals surface area contributed by atoms with Gasteiger partial charge in [0.15, 0.2) is 0 Å². The Morgan fingerprint density at radius 3 is 2.33 bits per heavy atom. The fourth-order valence-corrected chi connectivity index (χ4v) is 2.63. The van der Waals surface area contributed by atoms with Crippen LogP contribution in [0.4, 0.5) is 5.69 Å². The molecule has 10 nitrogen and oxygen atoms in total. The molecule has 3 N–H and O–H groups in total. The fraction of sp³-hybridized carbons (Fsp3) is 0.261. The standard InChI is InChI=1S/C23H25N3O7/c1-2-3-14-33-19-10-6-17(7-11-19)22(29)25-20(23(30)24-13-12-21(27)28)15-16-4-8-18(9-5-16)26(31)32/h4-11,15H,2-3,12-14H2,1H3,(H,24,30)(H,25,29)(H,27,28)/b20-15+. The Kier molecular flexibility index (Phi) is 9.56. The first-order valence-electron chi connectivity index (χ1n) is 10.3. The number of carboxylic acid groups (broad SMARTS) is 1. The van der Waals surface area contributed by atoms with Crippen molar-refractivity contribution in [3.05, 3.63) is 75.5 Å². The number of aliphatic carboxylic acids is 1. The van der Waals surface area contributed by atoms with E-state index in [2.05, 4.69) is 17.6 Å². The van der Waals surface area contributed by atoms with Crippen LogP contribution >= 0.6 is 0 Å². The van der Waals surface area contributed by atoms with E-state index in [1.54, 1.807) is 24.3 Å². The molecule has 0 bridgehead atoms. The molecule has 0 atom stereocenters. The number of nitrogens with zero attached hydrogens (tertiary/aromatic N) is 1. The van der Waals surface area contributed by atoms with Gasteiger partial charge in [-0.05, 0) is 54.5 Å². The average Bonchev–Trinajstić information content (AvgIpc) is 2.79. The highest BCUT2D eigenvalue weighted by atomic mass is 16.6. The molecule has 0 radical (unpaired) electrons. The molecule has 33 heavy (non-hydrogen) atoms. The lowest BCUT2D eigenvalue weighted by Crippen LogP contribution is -2.35. The lowest BCUT2D eigenvalue weighted by molar-refractivity contribution is -0.384. The highest BCUT2D eigenvalue weighted by Gasteiger charge is 2.15. The van der Waals surface area contributed by atoms with Crippen molar-refractivity contribution >= 4 is 29.5 Å². The Morgan fingerprint density at radius 2 is 1.76 bits per heavy atom. The molecule has 2 amide bonds. The average molecular weight is 455 g/mol. The Morgan fingerprint density at radius 1 is 1.09 bits per heavy atom. The number of ether oxygens (including phenoxy) is 1. The van der Waals surface area contributed by atoms with E-state index in [0.717, 1.165) is 12.8 Å². The summed E-state index contributed by atoms with van der Waals surface area (Å²) in [6.07, 6.45) is 2.97. The van der Waals surface area contributed by atoms with E-state index in [4.69, 9.17) is 9.84 Å². The first kappa shape index (κ1) is 25.1. The van der Waals surface area contributed by atoms with Crippen molar-refractivity contribution in [2.75, 3.05) is 13.2 Å². The first-order chi connectivity index (χ1) is 15.8. The maximum absolute atomic E-state index is 12.7. The van der Waals surface area contributed by atoms with Crippen molar-refractivity contribution in [3.63, 3.8) is 0 Å². The topological polar surface area (TPSA) is 148 Å². The summed E-state index contributed by atoms with van der Waals surface area (Å²) in [6, 6.07) is 11.8. The Bertz CT molecular complexity index is 1020. The molecule has 0 heterocycles. The molecular formula is C23H25N3O7. The van der Waals surface area contributed by atoms with Crippen LogP contribution < -0.4 is 15.4 Å². The summed E-state index contributed by atoms with van der Waals surface area (Å²) >= 11 is 0. The number of unbranched alkanes of at least 4 members (excludes halogenated alkanes) is 1. The van der Waals surface area contributed by atoms with E-state index in [1.807, 2.05) is 0 Å². The molecule has 0 saturated carbocycles. The second kappa shape index (κ2) is 12.6. The first-order valence-corrected chi connectivity index (χ1v) is 10.3. The number of nitro groups is 1. The number of nitro benzene ring substituents is 1. The summed E-state index contributed by atoms with van der Waals surface area (Å²) < 4.78 is 5.57. The van der Waals surface area contributed by atoms with Gasteiger partial charge in [0, 0.05) is 24.2 Å². The molecule has 2 aromatic rings. The number of hydrogen-bond acceptors (Lipinski definition) is 6. The maximum atomic E-state index is 12.7. The Hall–Kier alpha value is -4.21. The van der Waals surface area contributed by atoms with E-state index in [0.29, 0.717) is 17.9 Å². The van der Waals surface area contributed by atoms with Crippen LogP contribution in [0.3, 0.4) is 0 Å². The minimum absolute atomic E-state index is 0.120. The quantitative estimate of drug-likeness (QED) is 0.193. The van der Waals surface area contributed by atoms with E-state index in [-0.39, 0.29) is 29.9 Å². The molecule has 2 rings (SSSR count). The number of nitrogens with one attached hydrogen (secondary N) is 2. The molecule has 0 saturated heterocycles. The van der Waals surface area contributed by atoms with Crippen LogP contribution in [0.5, 0.6) is 5.75 Å². The third-order valence-electron chi connectivity index (χ3n) is 4.42. The van der Waals surface area contributed by atoms with Gasteiger partial charge >= 0.3 is 5.97 Å². The summed E-state index contributed by atoms with van der Waals surface area (Å²) in [5, 5.41) is 24.5. The number of carbonyl (C=O) groups excluding carboxylic acids is 2. The van der Waals surface area contributed by atoms with Crippen LogP contribution in [0.25, 0.3) is 6.08 Å². The van der Waals surface area contributed by atoms with Crippen molar-refractivity contribution in [3.8, 4) is 5.75 Å².